The van der Waals surface area contributed by atoms with Crippen LogP contribution in [0.25, 0.3) is 0 Å². The molecule has 3 heteroatoms. The summed E-state index contributed by atoms with van der Waals surface area (Å²) in [6.45, 7) is 5.62. The standard InChI is InChI=1S/C18H28N2O/c1-3-20(17-10-5-4-9-16(17)13-19)18(21)12-15-8-6-7-14(2)11-15/h6-8,11,16-17H,3-5,9-10,12-13,19H2,1-2H3. The van der Waals surface area contributed by atoms with Gasteiger partial charge in [0.25, 0.3) is 0 Å². The molecule has 1 saturated carbocycles. The van der Waals surface area contributed by atoms with Crippen LogP contribution in [0.5, 0.6) is 0 Å². The van der Waals surface area contributed by atoms with E-state index >= 15 is 0 Å². The highest BCUT2D eigenvalue weighted by atomic mass is 16.2. The monoisotopic (exact) mass is 288 g/mol. The molecule has 2 N–H and O–H groups in total. The first-order valence-electron chi connectivity index (χ1n) is 8.20. The SMILES string of the molecule is CCN(C(=O)Cc1cccc(C)c1)C1CCCCC1CN. The zero-order valence-corrected chi connectivity index (χ0v) is 13.3. The fourth-order valence-electron chi connectivity index (χ4n) is 3.57. The van der Waals surface area contributed by atoms with Crippen LogP contribution in [0.3, 0.4) is 0 Å². The van der Waals surface area contributed by atoms with Gasteiger partial charge in [-0.1, -0.05) is 42.7 Å². The summed E-state index contributed by atoms with van der Waals surface area (Å²) >= 11 is 0. The van der Waals surface area contributed by atoms with Crippen molar-refractivity contribution in [3.8, 4) is 0 Å². The molecule has 1 fully saturated rings. The van der Waals surface area contributed by atoms with E-state index in [2.05, 4.69) is 30.9 Å². The number of amides is 1. The van der Waals surface area contributed by atoms with Gasteiger partial charge in [0.05, 0.1) is 6.42 Å². The van der Waals surface area contributed by atoms with Crippen LogP contribution in [0.15, 0.2) is 24.3 Å². The smallest absolute Gasteiger partial charge is 0.227 e. The van der Waals surface area contributed by atoms with Gasteiger partial charge < -0.3 is 10.6 Å². The highest BCUT2D eigenvalue weighted by Gasteiger charge is 2.31. The number of rotatable bonds is 5. The van der Waals surface area contributed by atoms with Crippen molar-refractivity contribution < 1.29 is 4.79 Å². The van der Waals surface area contributed by atoms with Crippen LogP contribution in [-0.2, 0) is 11.2 Å². The zero-order chi connectivity index (χ0) is 15.2. The lowest BCUT2D eigenvalue weighted by molar-refractivity contribution is -0.134. The van der Waals surface area contributed by atoms with Crippen molar-refractivity contribution in [2.45, 2.75) is 52.0 Å². The van der Waals surface area contributed by atoms with Gasteiger partial charge in [-0.25, -0.2) is 0 Å². The Kier molecular flexibility index (Phi) is 5.80. The Bertz CT molecular complexity index is 472. The summed E-state index contributed by atoms with van der Waals surface area (Å²) in [7, 11) is 0. The lowest BCUT2D eigenvalue weighted by Crippen LogP contribution is -2.48. The molecule has 0 spiro atoms. The third-order valence-corrected chi connectivity index (χ3v) is 4.67. The third kappa shape index (κ3) is 4.07. The predicted molar refractivity (Wildman–Crippen MR) is 87.1 cm³/mol. The molecular weight excluding hydrogens is 260 g/mol. The minimum Gasteiger partial charge on any atom is -0.339 e. The zero-order valence-electron chi connectivity index (χ0n) is 13.3. The summed E-state index contributed by atoms with van der Waals surface area (Å²) in [5.74, 6) is 0.716. The summed E-state index contributed by atoms with van der Waals surface area (Å²) in [4.78, 5) is 14.8. The number of benzene rings is 1. The van der Waals surface area contributed by atoms with Crippen molar-refractivity contribution in [2.75, 3.05) is 13.1 Å². The number of hydrogen-bond donors (Lipinski definition) is 1. The Morgan fingerprint density at radius 1 is 1.33 bits per heavy atom. The van der Waals surface area contributed by atoms with E-state index in [0.717, 1.165) is 24.9 Å². The van der Waals surface area contributed by atoms with Gasteiger partial charge >= 0.3 is 0 Å². The van der Waals surface area contributed by atoms with Crippen molar-refractivity contribution >= 4 is 5.91 Å². The van der Waals surface area contributed by atoms with Crippen molar-refractivity contribution in [3.05, 3.63) is 35.4 Å². The van der Waals surface area contributed by atoms with Gasteiger partial charge in [-0.3, -0.25) is 4.79 Å². The molecule has 1 amide bonds. The first kappa shape index (κ1) is 16.0. The van der Waals surface area contributed by atoms with Crippen LogP contribution in [0.2, 0.25) is 0 Å². The maximum atomic E-state index is 12.7. The fraction of sp³-hybridized carbons (Fsp3) is 0.611. The highest BCUT2D eigenvalue weighted by molar-refractivity contribution is 5.79. The molecule has 0 bridgehead atoms. The van der Waals surface area contributed by atoms with Crippen molar-refractivity contribution in [1.29, 1.82) is 0 Å². The summed E-state index contributed by atoms with van der Waals surface area (Å²) < 4.78 is 0. The second-order valence-corrected chi connectivity index (χ2v) is 6.19. The van der Waals surface area contributed by atoms with Crippen LogP contribution in [-0.4, -0.2) is 29.9 Å². The van der Waals surface area contributed by atoms with Crippen LogP contribution in [0.4, 0.5) is 0 Å². The molecule has 0 aliphatic heterocycles. The Labute approximate surface area is 128 Å². The van der Waals surface area contributed by atoms with Crippen LogP contribution in [0.1, 0.15) is 43.7 Å². The summed E-state index contributed by atoms with van der Waals surface area (Å²) in [6, 6.07) is 8.58. The van der Waals surface area contributed by atoms with Crippen molar-refractivity contribution in [1.82, 2.24) is 4.90 Å². The minimum atomic E-state index is 0.244. The number of likely N-dealkylation sites (N-methyl/N-ethyl adjacent to an activating group) is 1. The molecule has 0 aromatic heterocycles. The number of aryl methyl sites for hydroxylation is 1. The summed E-state index contributed by atoms with van der Waals surface area (Å²) in [5.41, 5.74) is 8.24. The average Bonchev–Trinajstić information content (AvgIpc) is 2.48. The number of nitrogens with zero attached hydrogens (tertiary/aromatic N) is 1. The topological polar surface area (TPSA) is 46.3 Å². The van der Waals surface area contributed by atoms with E-state index in [1.807, 2.05) is 12.1 Å². The lowest BCUT2D eigenvalue weighted by Gasteiger charge is -2.39. The Morgan fingerprint density at radius 2 is 2.10 bits per heavy atom. The molecule has 2 atom stereocenters. The number of carbonyl (C=O) groups is 1. The minimum absolute atomic E-state index is 0.244. The molecule has 0 saturated heterocycles. The van der Waals surface area contributed by atoms with E-state index in [9.17, 15) is 4.79 Å². The van der Waals surface area contributed by atoms with Crippen molar-refractivity contribution in [3.63, 3.8) is 0 Å². The van der Waals surface area contributed by atoms with Crippen molar-refractivity contribution in [2.24, 2.45) is 11.7 Å². The van der Waals surface area contributed by atoms with Crippen LogP contribution in [0, 0.1) is 12.8 Å². The largest absolute Gasteiger partial charge is 0.339 e. The van der Waals surface area contributed by atoms with E-state index in [1.165, 1.54) is 18.4 Å². The fourth-order valence-corrected chi connectivity index (χ4v) is 3.57. The van der Waals surface area contributed by atoms with Gasteiger partial charge in [-0.05, 0) is 44.7 Å². The van der Waals surface area contributed by atoms with Gasteiger partial charge in [0.1, 0.15) is 0 Å². The number of hydrogen-bond acceptors (Lipinski definition) is 2. The van der Waals surface area contributed by atoms with Gasteiger partial charge in [0.2, 0.25) is 5.91 Å². The lowest BCUT2D eigenvalue weighted by atomic mass is 9.83. The van der Waals surface area contributed by atoms with E-state index in [4.69, 9.17) is 5.73 Å². The molecule has 1 aliphatic carbocycles. The molecule has 1 aliphatic rings. The second kappa shape index (κ2) is 7.60. The molecule has 0 radical (unpaired) electrons. The van der Waals surface area contributed by atoms with Gasteiger partial charge in [-0.15, -0.1) is 0 Å². The Balaban J connectivity index is 2.07. The molecule has 2 unspecified atom stereocenters. The normalized spacial score (nSPS) is 22.0. The molecule has 0 heterocycles. The first-order chi connectivity index (χ1) is 10.2. The van der Waals surface area contributed by atoms with Crippen LogP contribution >= 0.6 is 0 Å². The molecule has 1 aromatic carbocycles. The maximum Gasteiger partial charge on any atom is 0.227 e. The molecule has 2 rings (SSSR count). The second-order valence-electron chi connectivity index (χ2n) is 6.19. The maximum absolute atomic E-state index is 12.7. The van der Waals surface area contributed by atoms with E-state index in [1.54, 1.807) is 0 Å². The molecule has 1 aromatic rings. The molecular formula is C18H28N2O. The first-order valence-corrected chi connectivity index (χ1v) is 8.20. The van der Waals surface area contributed by atoms with E-state index in [-0.39, 0.29) is 5.91 Å². The van der Waals surface area contributed by atoms with Gasteiger partial charge in [-0.2, -0.15) is 0 Å². The molecule has 21 heavy (non-hydrogen) atoms. The summed E-state index contributed by atoms with van der Waals surface area (Å²) in [5, 5.41) is 0. The van der Waals surface area contributed by atoms with Gasteiger partial charge in [0, 0.05) is 12.6 Å². The highest BCUT2D eigenvalue weighted by Crippen LogP contribution is 2.28. The average molecular weight is 288 g/mol. The van der Waals surface area contributed by atoms with Crippen LogP contribution < -0.4 is 5.73 Å². The Morgan fingerprint density at radius 3 is 2.76 bits per heavy atom. The summed E-state index contributed by atoms with van der Waals surface area (Å²) in [6.07, 6.45) is 5.24. The van der Waals surface area contributed by atoms with E-state index in [0.29, 0.717) is 24.9 Å². The quantitative estimate of drug-likeness (QED) is 0.905. The molecule has 3 nitrogen and oxygen atoms in total. The van der Waals surface area contributed by atoms with E-state index < -0.39 is 0 Å². The predicted octanol–water partition coefficient (Wildman–Crippen LogP) is 2.90. The third-order valence-electron chi connectivity index (χ3n) is 4.67. The number of carbonyl (C=O) groups excluding carboxylic acids is 1. The number of nitrogens with two attached hydrogens (primary N) is 1. The molecule has 116 valence electrons. The van der Waals surface area contributed by atoms with Gasteiger partial charge in [0.15, 0.2) is 0 Å². The Hall–Kier alpha value is -1.35.